The van der Waals surface area contributed by atoms with Gasteiger partial charge in [0.15, 0.2) is 0 Å². The average molecular weight is 222 g/mol. The summed E-state index contributed by atoms with van der Waals surface area (Å²) in [5.74, 6) is 0.923. The van der Waals surface area contributed by atoms with E-state index in [1.54, 1.807) is 0 Å². The molecule has 0 spiro atoms. The van der Waals surface area contributed by atoms with Crippen molar-refractivity contribution in [1.29, 1.82) is 0 Å². The van der Waals surface area contributed by atoms with Crippen LogP contribution in [-0.2, 0) is 11.2 Å². The molecule has 80 valence electrons. The topological polar surface area (TPSA) is 41.1 Å². The molecule has 2 rings (SSSR count). The van der Waals surface area contributed by atoms with E-state index in [0.717, 1.165) is 30.1 Å². The van der Waals surface area contributed by atoms with Gasteiger partial charge in [-0.2, -0.15) is 12.6 Å². The lowest BCUT2D eigenvalue weighted by molar-refractivity contribution is -0.116. The van der Waals surface area contributed by atoms with E-state index < -0.39 is 0 Å². The highest BCUT2D eigenvalue weighted by Gasteiger charge is 2.14. The van der Waals surface area contributed by atoms with Crippen LogP contribution in [0, 0.1) is 0 Å². The molecular weight excluding hydrogens is 208 g/mol. The number of fused-ring (bicyclic) bond motifs is 1. The zero-order valence-electron chi connectivity index (χ0n) is 8.42. The lowest BCUT2D eigenvalue weighted by Crippen LogP contribution is -2.19. The van der Waals surface area contributed by atoms with Gasteiger partial charge in [-0.05, 0) is 30.2 Å². The second-order valence-corrected chi connectivity index (χ2v) is 4.02. The molecule has 0 radical (unpaired) electrons. The highest BCUT2D eigenvalue weighted by molar-refractivity contribution is 7.80. The minimum absolute atomic E-state index is 0.110. The molecule has 0 aromatic heterocycles. The number of nitrogens with one attached hydrogen (secondary N) is 2. The van der Waals surface area contributed by atoms with Gasteiger partial charge in [-0.3, -0.25) is 4.79 Å². The van der Waals surface area contributed by atoms with Crippen LogP contribution in [0.5, 0.6) is 0 Å². The fourth-order valence-corrected chi connectivity index (χ4v) is 1.81. The molecule has 0 unspecified atom stereocenters. The van der Waals surface area contributed by atoms with Gasteiger partial charge in [0.05, 0.1) is 0 Å². The third-order valence-electron chi connectivity index (χ3n) is 2.44. The summed E-state index contributed by atoms with van der Waals surface area (Å²) in [5, 5.41) is 6.13. The average Bonchev–Trinajstić information content (AvgIpc) is 2.26. The molecule has 1 aromatic rings. The van der Waals surface area contributed by atoms with Crippen LogP contribution in [0.1, 0.15) is 12.0 Å². The zero-order valence-corrected chi connectivity index (χ0v) is 9.31. The van der Waals surface area contributed by atoms with E-state index in [-0.39, 0.29) is 5.91 Å². The van der Waals surface area contributed by atoms with E-state index in [1.165, 1.54) is 5.56 Å². The molecule has 3 nitrogen and oxygen atoms in total. The smallest absolute Gasteiger partial charge is 0.224 e. The van der Waals surface area contributed by atoms with Crippen LogP contribution in [0.3, 0.4) is 0 Å². The normalized spacial score (nSPS) is 14.3. The van der Waals surface area contributed by atoms with Gasteiger partial charge in [-0.1, -0.05) is 0 Å². The number of thiol groups is 1. The number of benzene rings is 1. The van der Waals surface area contributed by atoms with Crippen molar-refractivity contribution in [2.75, 3.05) is 22.9 Å². The number of carbonyl (C=O) groups is 1. The Morgan fingerprint density at radius 2 is 2.27 bits per heavy atom. The maximum absolute atomic E-state index is 11.1. The van der Waals surface area contributed by atoms with E-state index in [4.69, 9.17) is 0 Å². The Kier molecular flexibility index (Phi) is 3.16. The summed E-state index contributed by atoms with van der Waals surface area (Å²) in [6, 6.07) is 6.03. The summed E-state index contributed by atoms with van der Waals surface area (Å²) >= 11 is 4.14. The third-order valence-corrected chi connectivity index (χ3v) is 2.67. The number of hydrogen-bond donors (Lipinski definition) is 3. The van der Waals surface area contributed by atoms with Gasteiger partial charge in [0.2, 0.25) is 5.91 Å². The first-order valence-electron chi connectivity index (χ1n) is 5.07. The van der Waals surface area contributed by atoms with E-state index in [1.807, 2.05) is 12.1 Å². The number of rotatable bonds is 3. The first kappa shape index (κ1) is 10.4. The Hall–Kier alpha value is -1.16. The number of carbonyl (C=O) groups excluding carboxylic acids is 1. The molecule has 0 aliphatic carbocycles. The lowest BCUT2D eigenvalue weighted by Gasteiger charge is -2.17. The summed E-state index contributed by atoms with van der Waals surface area (Å²) in [6.45, 7) is 0.855. The molecule has 1 amide bonds. The predicted octanol–water partition coefficient (Wildman–Crippen LogP) is 1.91. The molecule has 1 aliphatic rings. The summed E-state index contributed by atoms with van der Waals surface area (Å²) in [5.41, 5.74) is 3.25. The fourth-order valence-electron chi connectivity index (χ4n) is 1.69. The number of anilines is 2. The summed E-state index contributed by atoms with van der Waals surface area (Å²) in [7, 11) is 0. The quantitative estimate of drug-likeness (QED) is 0.684. The monoisotopic (exact) mass is 222 g/mol. The molecule has 0 bridgehead atoms. The van der Waals surface area contributed by atoms with Gasteiger partial charge >= 0.3 is 0 Å². The van der Waals surface area contributed by atoms with Crippen molar-refractivity contribution >= 4 is 29.9 Å². The predicted molar refractivity (Wildman–Crippen MR) is 65.7 cm³/mol. The Morgan fingerprint density at radius 1 is 1.40 bits per heavy atom. The van der Waals surface area contributed by atoms with Crippen LogP contribution in [-0.4, -0.2) is 18.2 Å². The number of hydrogen-bond acceptors (Lipinski definition) is 3. The molecule has 2 N–H and O–H groups in total. The van der Waals surface area contributed by atoms with E-state index >= 15 is 0 Å². The molecule has 0 atom stereocenters. The van der Waals surface area contributed by atoms with Crippen molar-refractivity contribution in [3.63, 3.8) is 0 Å². The van der Waals surface area contributed by atoms with Crippen LogP contribution in [0.2, 0.25) is 0 Å². The highest BCUT2D eigenvalue weighted by Crippen LogP contribution is 2.25. The molecule has 4 heteroatoms. The van der Waals surface area contributed by atoms with Gasteiger partial charge in [-0.25, -0.2) is 0 Å². The van der Waals surface area contributed by atoms with Gasteiger partial charge in [-0.15, -0.1) is 0 Å². The molecule has 1 aromatic carbocycles. The largest absolute Gasteiger partial charge is 0.384 e. The Bertz CT molecular complexity index is 379. The molecule has 15 heavy (non-hydrogen) atoms. The van der Waals surface area contributed by atoms with Crippen LogP contribution >= 0.6 is 12.6 Å². The molecule has 1 heterocycles. The first-order chi connectivity index (χ1) is 7.29. The van der Waals surface area contributed by atoms with Crippen LogP contribution in [0.25, 0.3) is 0 Å². The second kappa shape index (κ2) is 4.57. The molecule has 1 aliphatic heterocycles. The number of amides is 1. The Labute approximate surface area is 94.7 Å². The van der Waals surface area contributed by atoms with E-state index in [2.05, 4.69) is 29.3 Å². The van der Waals surface area contributed by atoms with Crippen LogP contribution in [0.15, 0.2) is 18.2 Å². The summed E-state index contributed by atoms with van der Waals surface area (Å²) in [4.78, 5) is 11.1. The third kappa shape index (κ3) is 2.45. The zero-order chi connectivity index (χ0) is 10.7. The van der Waals surface area contributed by atoms with Crippen LogP contribution in [0.4, 0.5) is 11.4 Å². The Morgan fingerprint density at radius 3 is 3.07 bits per heavy atom. The van der Waals surface area contributed by atoms with Gasteiger partial charge in [0, 0.05) is 30.1 Å². The number of aryl methyl sites for hydroxylation is 1. The summed E-state index contributed by atoms with van der Waals surface area (Å²) < 4.78 is 0. The maximum atomic E-state index is 11.1. The minimum Gasteiger partial charge on any atom is -0.384 e. The van der Waals surface area contributed by atoms with Crippen molar-refractivity contribution in [2.24, 2.45) is 0 Å². The molecule has 0 fully saturated rings. The van der Waals surface area contributed by atoms with Gasteiger partial charge in [0.1, 0.15) is 0 Å². The minimum atomic E-state index is 0.110. The summed E-state index contributed by atoms with van der Waals surface area (Å²) in [6.07, 6.45) is 1.42. The standard InChI is InChI=1S/C11H14N2OS/c14-11-4-1-8-7-9(12-5-6-15)2-3-10(8)13-11/h2-3,7,12,15H,1,4-6H2,(H,13,14). The van der Waals surface area contributed by atoms with E-state index in [9.17, 15) is 4.79 Å². The molecular formula is C11H14N2OS. The first-order valence-corrected chi connectivity index (χ1v) is 5.70. The lowest BCUT2D eigenvalue weighted by atomic mass is 10.0. The van der Waals surface area contributed by atoms with Crippen molar-refractivity contribution in [3.05, 3.63) is 23.8 Å². The van der Waals surface area contributed by atoms with E-state index in [0.29, 0.717) is 6.42 Å². The van der Waals surface area contributed by atoms with Crippen LogP contribution < -0.4 is 10.6 Å². The molecule has 0 saturated heterocycles. The SMILES string of the molecule is O=C1CCc2cc(NCCS)ccc2N1. The van der Waals surface area contributed by atoms with Crippen molar-refractivity contribution in [2.45, 2.75) is 12.8 Å². The van der Waals surface area contributed by atoms with Gasteiger partial charge < -0.3 is 10.6 Å². The highest BCUT2D eigenvalue weighted by atomic mass is 32.1. The van der Waals surface area contributed by atoms with Crippen molar-refractivity contribution in [3.8, 4) is 0 Å². The Balaban J connectivity index is 2.15. The van der Waals surface area contributed by atoms with Gasteiger partial charge in [0.25, 0.3) is 0 Å². The van der Waals surface area contributed by atoms with Crippen molar-refractivity contribution in [1.82, 2.24) is 0 Å². The maximum Gasteiger partial charge on any atom is 0.224 e. The fraction of sp³-hybridized carbons (Fsp3) is 0.364. The van der Waals surface area contributed by atoms with Crippen molar-refractivity contribution < 1.29 is 4.79 Å². The second-order valence-electron chi connectivity index (χ2n) is 3.57. The molecule has 0 saturated carbocycles.